The molecule has 3 aliphatic rings. The Morgan fingerprint density at radius 1 is 1.06 bits per heavy atom. The summed E-state index contributed by atoms with van der Waals surface area (Å²) in [6, 6.07) is 0.997. The molecule has 12 heteroatoms. The van der Waals surface area contributed by atoms with Crippen LogP contribution in [-0.2, 0) is 14.4 Å². The molecular formula is C21H22F2N6O4. The summed E-state index contributed by atoms with van der Waals surface area (Å²) < 4.78 is 32.7. The number of amides is 2. The molecule has 3 aliphatic heterocycles. The lowest BCUT2D eigenvalue weighted by Gasteiger charge is -2.34. The number of hydroxylamine groups is 2. The Morgan fingerprint density at radius 3 is 2.61 bits per heavy atom. The van der Waals surface area contributed by atoms with Crippen LogP contribution in [0.2, 0.25) is 0 Å². The zero-order valence-electron chi connectivity index (χ0n) is 17.7. The lowest BCUT2D eigenvalue weighted by molar-refractivity contribution is -0.182. The van der Waals surface area contributed by atoms with E-state index >= 15 is 0 Å². The SMILES string of the molecule is O=C1OCCN1c1nc(N2CCC(C(=O)N3OCC[C@H]3c3cncc(F)c3)CC2)ncc1F. The van der Waals surface area contributed by atoms with E-state index in [1.54, 1.807) is 6.20 Å². The smallest absolute Gasteiger partial charge is 0.415 e. The zero-order chi connectivity index (χ0) is 22.9. The number of aromatic nitrogens is 3. The van der Waals surface area contributed by atoms with Crippen molar-refractivity contribution in [3.05, 3.63) is 41.9 Å². The molecule has 3 saturated heterocycles. The second-order valence-corrected chi connectivity index (χ2v) is 8.11. The maximum atomic E-state index is 14.2. The van der Waals surface area contributed by atoms with Gasteiger partial charge in [0.05, 0.1) is 31.6 Å². The fraction of sp³-hybridized carbons (Fsp3) is 0.476. The van der Waals surface area contributed by atoms with Crippen LogP contribution in [0.3, 0.4) is 0 Å². The van der Waals surface area contributed by atoms with Gasteiger partial charge in [-0.15, -0.1) is 0 Å². The predicted octanol–water partition coefficient (Wildman–Crippen LogP) is 2.23. The Labute approximate surface area is 188 Å². The first-order valence-corrected chi connectivity index (χ1v) is 10.8. The number of carbonyl (C=O) groups is 2. The van der Waals surface area contributed by atoms with Crippen molar-refractivity contribution in [3.63, 3.8) is 0 Å². The van der Waals surface area contributed by atoms with Gasteiger partial charge in [-0.3, -0.25) is 19.5 Å². The Hall–Kier alpha value is -3.41. The molecule has 0 unspecified atom stereocenters. The lowest BCUT2D eigenvalue weighted by atomic mass is 9.95. The molecule has 0 saturated carbocycles. The minimum absolute atomic E-state index is 0.113. The number of hydrogen-bond acceptors (Lipinski definition) is 8. The maximum absolute atomic E-state index is 14.2. The molecule has 0 radical (unpaired) electrons. The van der Waals surface area contributed by atoms with Crippen LogP contribution < -0.4 is 9.80 Å². The number of anilines is 2. The standard InChI is InChI=1S/C21H22F2N6O4/c22-15-9-14(10-24-11-15)17-3-7-33-29(17)19(30)13-1-4-27(5-2-13)20-25-12-16(23)18(26-20)28-6-8-32-21(28)31/h9-13,17H,1-8H2/t17-/m0/s1. The minimum Gasteiger partial charge on any atom is -0.447 e. The molecule has 1 atom stereocenters. The predicted molar refractivity (Wildman–Crippen MR) is 110 cm³/mol. The molecule has 5 heterocycles. The van der Waals surface area contributed by atoms with Crippen LogP contribution in [0.4, 0.5) is 25.3 Å². The number of rotatable bonds is 4. The van der Waals surface area contributed by atoms with E-state index in [0.29, 0.717) is 44.5 Å². The van der Waals surface area contributed by atoms with E-state index in [1.807, 2.05) is 4.90 Å². The second-order valence-electron chi connectivity index (χ2n) is 8.11. The average Bonchev–Trinajstić information content (AvgIpc) is 3.48. The highest BCUT2D eigenvalue weighted by atomic mass is 19.1. The zero-order valence-corrected chi connectivity index (χ0v) is 17.7. The Kier molecular flexibility index (Phi) is 5.75. The lowest BCUT2D eigenvalue weighted by Crippen LogP contribution is -2.42. The highest BCUT2D eigenvalue weighted by molar-refractivity contribution is 5.88. The van der Waals surface area contributed by atoms with Crippen molar-refractivity contribution in [2.75, 3.05) is 42.6 Å². The van der Waals surface area contributed by atoms with Crippen molar-refractivity contribution in [2.24, 2.45) is 5.92 Å². The maximum Gasteiger partial charge on any atom is 0.415 e. The molecule has 0 aromatic carbocycles. The molecule has 174 valence electrons. The molecule has 2 aromatic rings. The first kappa shape index (κ1) is 21.4. The summed E-state index contributed by atoms with van der Waals surface area (Å²) in [4.78, 5) is 45.7. The topological polar surface area (TPSA) is 101 Å². The van der Waals surface area contributed by atoms with Gasteiger partial charge < -0.3 is 9.64 Å². The fourth-order valence-electron chi connectivity index (χ4n) is 4.38. The third-order valence-electron chi connectivity index (χ3n) is 6.09. The molecule has 10 nitrogen and oxygen atoms in total. The summed E-state index contributed by atoms with van der Waals surface area (Å²) >= 11 is 0. The van der Waals surface area contributed by atoms with E-state index in [2.05, 4.69) is 15.0 Å². The molecular weight excluding hydrogens is 438 g/mol. The van der Waals surface area contributed by atoms with Gasteiger partial charge >= 0.3 is 6.09 Å². The highest BCUT2D eigenvalue weighted by Gasteiger charge is 2.38. The second kappa shape index (κ2) is 8.85. The molecule has 3 fully saturated rings. The Morgan fingerprint density at radius 2 is 1.88 bits per heavy atom. The van der Waals surface area contributed by atoms with Gasteiger partial charge in [0.15, 0.2) is 11.6 Å². The van der Waals surface area contributed by atoms with E-state index in [4.69, 9.17) is 9.57 Å². The number of pyridine rings is 1. The summed E-state index contributed by atoms with van der Waals surface area (Å²) in [6.07, 6.45) is 4.68. The van der Waals surface area contributed by atoms with Crippen LogP contribution in [0.25, 0.3) is 0 Å². The van der Waals surface area contributed by atoms with Gasteiger partial charge in [-0.05, 0) is 24.5 Å². The quantitative estimate of drug-likeness (QED) is 0.685. The van der Waals surface area contributed by atoms with E-state index in [9.17, 15) is 18.4 Å². The normalized spacial score (nSPS) is 21.6. The number of halogens is 2. The number of hydrogen-bond donors (Lipinski definition) is 0. The van der Waals surface area contributed by atoms with Crippen molar-refractivity contribution >= 4 is 23.8 Å². The molecule has 5 rings (SSSR count). The van der Waals surface area contributed by atoms with Gasteiger partial charge in [0, 0.05) is 31.6 Å². The van der Waals surface area contributed by atoms with Crippen molar-refractivity contribution in [2.45, 2.75) is 25.3 Å². The van der Waals surface area contributed by atoms with Crippen LogP contribution in [0.15, 0.2) is 24.7 Å². The van der Waals surface area contributed by atoms with E-state index in [1.165, 1.54) is 11.1 Å². The molecule has 33 heavy (non-hydrogen) atoms. The van der Waals surface area contributed by atoms with Crippen LogP contribution in [0.1, 0.15) is 30.9 Å². The third-order valence-corrected chi connectivity index (χ3v) is 6.09. The Balaban J connectivity index is 1.25. The molecule has 0 aliphatic carbocycles. The molecule has 0 spiro atoms. The van der Waals surface area contributed by atoms with Crippen molar-refractivity contribution in [3.8, 4) is 0 Å². The van der Waals surface area contributed by atoms with E-state index in [-0.39, 0.29) is 42.8 Å². The summed E-state index contributed by atoms with van der Waals surface area (Å²) in [6.45, 7) is 1.73. The average molecular weight is 460 g/mol. The van der Waals surface area contributed by atoms with Gasteiger partial charge in [0.25, 0.3) is 0 Å². The number of cyclic esters (lactones) is 1. The van der Waals surface area contributed by atoms with Crippen LogP contribution in [0, 0.1) is 17.6 Å². The van der Waals surface area contributed by atoms with Gasteiger partial charge in [-0.2, -0.15) is 4.98 Å². The largest absolute Gasteiger partial charge is 0.447 e. The number of piperidine rings is 1. The van der Waals surface area contributed by atoms with Crippen LogP contribution in [-0.4, -0.2) is 64.9 Å². The molecule has 0 bridgehead atoms. The van der Waals surface area contributed by atoms with Crippen LogP contribution in [0.5, 0.6) is 0 Å². The van der Waals surface area contributed by atoms with Gasteiger partial charge in [0.2, 0.25) is 11.9 Å². The third kappa shape index (κ3) is 4.17. The number of carbonyl (C=O) groups excluding carboxylic acids is 2. The van der Waals surface area contributed by atoms with E-state index < -0.39 is 17.7 Å². The number of ether oxygens (including phenoxy) is 1. The molecule has 0 N–H and O–H groups in total. The van der Waals surface area contributed by atoms with Gasteiger partial charge in [0.1, 0.15) is 12.4 Å². The molecule has 2 aromatic heterocycles. The summed E-state index contributed by atoms with van der Waals surface area (Å²) in [5.41, 5.74) is 0.603. The summed E-state index contributed by atoms with van der Waals surface area (Å²) in [5.74, 6) is -1.41. The Bertz CT molecular complexity index is 1060. The van der Waals surface area contributed by atoms with E-state index in [0.717, 1.165) is 17.3 Å². The minimum atomic E-state index is -0.702. The summed E-state index contributed by atoms with van der Waals surface area (Å²) in [7, 11) is 0. The summed E-state index contributed by atoms with van der Waals surface area (Å²) in [5, 5.41) is 1.35. The van der Waals surface area contributed by atoms with Crippen LogP contribution >= 0.6 is 0 Å². The van der Waals surface area contributed by atoms with Gasteiger partial charge in [-0.1, -0.05) is 0 Å². The fourth-order valence-corrected chi connectivity index (χ4v) is 4.38. The highest BCUT2D eigenvalue weighted by Crippen LogP contribution is 2.34. The van der Waals surface area contributed by atoms with Gasteiger partial charge in [-0.25, -0.2) is 23.6 Å². The first-order chi connectivity index (χ1) is 16.0. The first-order valence-electron chi connectivity index (χ1n) is 10.8. The number of nitrogens with zero attached hydrogens (tertiary/aromatic N) is 6. The van der Waals surface area contributed by atoms with Crippen molar-refractivity contribution in [1.29, 1.82) is 0 Å². The molecule has 2 amide bonds. The van der Waals surface area contributed by atoms with Crippen molar-refractivity contribution < 1.29 is 27.9 Å². The van der Waals surface area contributed by atoms with Crippen molar-refractivity contribution in [1.82, 2.24) is 20.0 Å². The monoisotopic (exact) mass is 460 g/mol.